The maximum absolute atomic E-state index is 11.4. The van der Waals surface area contributed by atoms with Crippen LogP contribution in [0.3, 0.4) is 0 Å². The molecule has 0 radical (unpaired) electrons. The van der Waals surface area contributed by atoms with Crippen molar-refractivity contribution in [2.75, 3.05) is 13.2 Å². The largest absolute Gasteiger partial charge is 0.465 e. The van der Waals surface area contributed by atoms with Gasteiger partial charge in [-0.1, -0.05) is 26.7 Å². The Bertz CT molecular complexity index is 291. The van der Waals surface area contributed by atoms with E-state index in [9.17, 15) is 4.79 Å². The molecule has 0 saturated heterocycles. The average molecular weight is 252 g/mol. The quantitative estimate of drug-likeness (QED) is 0.538. The Morgan fingerprint density at radius 2 is 2.11 bits per heavy atom. The molecular weight excluding hydrogens is 228 g/mol. The van der Waals surface area contributed by atoms with Gasteiger partial charge in [-0.25, -0.2) is 0 Å². The summed E-state index contributed by atoms with van der Waals surface area (Å²) in [6.07, 6.45) is 10.3. The molecule has 1 fully saturated rings. The Morgan fingerprint density at radius 1 is 1.39 bits per heavy atom. The van der Waals surface area contributed by atoms with Crippen LogP contribution in [0.25, 0.3) is 0 Å². The number of hydrogen-bond acceptors (Lipinski definition) is 3. The summed E-state index contributed by atoms with van der Waals surface area (Å²) in [5.41, 5.74) is 0. The lowest BCUT2D eigenvalue weighted by Crippen LogP contribution is -2.27. The van der Waals surface area contributed by atoms with Crippen molar-refractivity contribution >= 4 is 5.97 Å². The molecule has 1 rings (SSSR count). The summed E-state index contributed by atoms with van der Waals surface area (Å²) in [4.78, 5) is 11.4. The summed E-state index contributed by atoms with van der Waals surface area (Å²) in [7, 11) is 0. The van der Waals surface area contributed by atoms with E-state index in [1.165, 1.54) is 12.8 Å². The second-order valence-corrected chi connectivity index (χ2v) is 5.29. The second kappa shape index (κ2) is 8.16. The Labute approximate surface area is 110 Å². The third-order valence-corrected chi connectivity index (χ3v) is 3.13. The highest BCUT2D eigenvalue weighted by molar-refractivity contribution is 5.69. The van der Waals surface area contributed by atoms with Crippen LogP contribution in [0.5, 0.6) is 0 Å². The third-order valence-electron chi connectivity index (χ3n) is 3.13. The van der Waals surface area contributed by atoms with Gasteiger partial charge in [0.25, 0.3) is 0 Å². The number of ether oxygens (including phenoxy) is 2. The van der Waals surface area contributed by atoms with E-state index >= 15 is 0 Å². The highest BCUT2D eigenvalue weighted by atomic mass is 16.5. The topological polar surface area (TPSA) is 35.5 Å². The molecule has 1 aliphatic rings. The fraction of sp³-hybridized carbons (Fsp3) is 0.800. The molecule has 0 heterocycles. The normalized spacial score (nSPS) is 23.7. The first-order chi connectivity index (χ1) is 8.63. The van der Waals surface area contributed by atoms with Crippen LogP contribution in [0.15, 0.2) is 0 Å². The van der Waals surface area contributed by atoms with Crippen LogP contribution in [0.1, 0.15) is 46.0 Å². The molecule has 3 nitrogen and oxygen atoms in total. The van der Waals surface area contributed by atoms with E-state index in [1.54, 1.807) is 0 Å². The minimum absolute atomic E-state index is 0.127. The van der Waals surface area contributed by atoms with E-state index in [0.29, 0.717) is 25.6 Å². The lowest BCUT2D eigenvalue weighted by Gasteiger charge is -2.27. The first-order valence-electron chi connectivity index (χ1n) is 6.86. The standard InChI is InChI=1S/C15H24O3/c1-4-13-7-5-6-8-14(13)17-10-9-15(16)18-11-12(2)3/h1,12-14H,5-11H2,2-3H3. The van der Waals surface area contributed by atoms with Crippen LogP contribution in [0.2, 0.25) is 0 Å². The zero-order valence-corrected chi connectivity index (χ0v) is 11.5. The van der Waals surface area contributed by atoms with Gasteiger partial charge < -0.3 is 9.47 Å². The number of terminal acetylenes is 1. The van der Waals surface area contributed by atoms with E-state index < -0.39 is 0 Å². The van der Waals surface area contributed by atoms with Crippen molar-refractivity contribution in [1.29, 1.82) is 0 Å². The Morgan fingerprint density at radius 3 is 2.78 bits per heavy atom. The van der Waals surface area contributed by atoms with Crippen molar-refractivity contribution in [2.45, 2.75) is 52.1 Å². The van der Waals surface area contributed by atoms with Crippen molar-refractivity contribution in [1.82, 2.24) is 0 Å². The van der Waals surface area contributed by atoms with Gasteiger partial charge in [-0.05, 0) is 18.8 Å². The summed E-state index contributed by atoms with van der Waals surface area (Å²) in [5, 5.41) is 0. The summed E-state index contributed by atoms with van der Waals surface area (Å²) >= 11 is 0. The first kappa shape index (κ1) is 15.0. The molecule has 2 unspecified atom stereocenters. The van der Waals surface area contributed by atoms with Crippen LogP contribution in [0.4, 0.5) is 0 Å². The van der Waals surface area contributed by atoms with Crippen molar-refractivity contribution in [3.05, 3.63) is 0 Å². The Balaban J connectivity index is 2.16. The predicted molar refractivity (Wildman–Crippen MR) is 70.9 cm³/mol. The molecule has 2 atom stereocenters. The Hall–Kier alpha value is -1.01. The second-order valence-electron chi connectivity index (χ2n) is 5.29. The van der Waals surface area contributed by atoms with Crippen molar-refractivity contribution in [3.63, 3.8) is 0 Å². The van der Waals surface area contributed by atoms with Crippen LogP contribution in [-0.4, -0.2) is 25.3 Å². The van der Waals surface area contributed by atoms with Gasteiger partial charge in [-0.3, -0.25) is 4.79 Å². The molecule has 0 N–H and O–H groups in total. The monoisotopic (exact) mass is 252 g/mol. The van der Waals surface area contributed by atoms with E-state index in [0.717, 1.165) is 12.8 Å². The van der Waals surface area contributed by atoms with Crippen molar-refractivity contribution in [2.24, 2.45) is 11.8 Å². The molecule has 0 spiro atoms. The lowest BCUT2D eigenvalue weighted by molar-refractivity contribution is -0.146. The van der Waals surface area contributed by atoms with Crippen molar-refractivity contribution < 1.29 is 14.3 Å². The van der Waals surface area contributed by atoms with E-state index in [4.69, 9.17) is 15.9 Å². The molecule has 18 heavy (non-hydrogen) atoms. The maximum Gasteiger partial charge on any atom is 0.308 e. The van der Waals surface area contributed by atoms with Crippen LogP contribution in [-0.2, 0) is 14.3 Å². The molecule has 0 aromatic heterocycles. The number of esters is 1. The molecule has 0 bridgehead atoms. The fourth-order valence-corrected chi connectivity index (χ4v) is 2.11. The molecule has 102 valence electrons. The lowest BCUT2D eigenvalue weighted by atomic mass is 9.87. The molecule has 3 heteroatoms. The first-order valence-corrected chi connectivity index (χ1v) is 6.86. The van der Waals surface area contributed by atoms with Crippen molar-refractivity contribution in [3.8, 4) is 12.3 Å². The van der Waals surface area contributed by atoms with Gasteiger partial charge in [0.2, 0.25) is 0 Å². The highest BCUT2D eigenvalue weighted by Crippen LogP contribution is 2.26. The van der Waals surface area contributed by atoms with Crippen LogP contribution < -0.4 is 0 Å². The van der Waals surface area contributed by atoms with E-state index in [2.05, 4.69) is 5.92 Å². The molecule has 1 saturated carbocycles. The molecule has 0 aliphatic heterocycles. The Kier molecular flexibility index (Phi) is 6.82. The molecule has 0 aromatic carbocycles. The maximum atomic E-state index is 11.4. The van der Waals surface area contributed by atoms with Crippen LogP contribution >= 0.6 is 0 Å². The highest BCUT2D eigenvalue weighted by Gasteiger charge is 2.24. The summed E-state index contributed by atoms with van der Waals surface area (Å²) in [5.74, 6) is 3.19. The van der Waals surface area contributed by atoms with Gasteiger partial charge in [0.1, 0.15) is 0 Å². The van der Waals surface area contributed by atoms with Gasteiger partial charge in [0.05, 0.1) is 25.7 Å². The van der Waals surface area contributed by atoms with Gasteiger partial charge in [-0.2, -0.15) is 0 Å². The fourth-order valence-electron chi connectivity index (χ4n) is 2.11. The zero-order chi connectivity index (χ0) is 13.4. The van der Waals surface area contributed by atoms with Gasteiger partial charge in [-0.15, -0.1) is 12.3 Å². The smallest absolute Gasteiger partial charge is 0.308 e. The minimum Gasteiger partial charge on any atom is -0.465 e. The molecule has 1 aliphatic carbocycles. The van der Waals surface area contributed by atoms with Gasteiger partial charge >= 0.3 is 5.97 Å². The SMILES string of the molecule is C#CC1CCCCC1OCCC(=O)OCC(C)C. The molecular formula is C15H24O3. The van der Waals surface area contributed by atoms with E-state index in [1.807, 2.05) is 13.8 Å². The molecule has 0 aromatic rings. The summed E-state index contributed by atoms with van der Waals surface area (Å²) < 4.78 is 10.8. The predicted octanol–water partition coefficient (Wildman–Crippen LogP) is 2.78. The van der Waals surface area contributed by atoms with E-state index in [-0.39, 0.29) is 18.0 Å². The number of hydrogen-bond donors (Lipinski definition) is 0. The third kappa shape index (κ3) is 5.55. The summed E-state index contributed by atoms with van der Waals surface area (Å²) in [6, 6.07) is 0. The van der Waals surface area contributed by atoms with Crippen LogP contribution in [0, 0.1) is 24.2 Å². The average Bonchev–Trinajstić information content (AvgIpc) is 2.37. The van der Waals surface area contributed by atoms with Gasteiger partial charge in [0, 0.05) is 5.92 Å². The number of carbonyl (C=O) groups is 1. The summed E-state index contributed by atoms with van der Waals surface area (Å²) in [6.45, 7) is 4.93. The zero-order valence-electron chi connectivity index (χ0n) is 11.5. The minimum atomic E-state index is -0.184. The number of rotatable bonds is 6. The van der Waals surface area contributed by atoms with Gasteiger partial charge in [0.15, 0.2) is 0 Å². The molecule has 0 amide bonds. The number of carbonyl (C=O) groups excluding carboxylic acids is 1.